The molecule has 1 aliphatic rings. The molecule has 0 spiro atoms. The number of nitrogens with zero attached hydrogens (tertiary/aromatic N) is 4. The highest BCUT2D eigenvalue weighted by atomic mass is 16.2. The van der Waals surface area contributed by atoms with E-state index in [1.54, 1.807) is 0 Å². The van der Waals surface area contributed by atoms with Crippen LogP contribution in [0, 0.1) is 5.92 Å². The molecular formula is C20H28N4O2. The number of hydrogen-bond donors (Lipinski definition) is 0. The van der Waals surface area contributed by atoms with Gasteiger partial charge in [0.25, 0.3) is 5.91 Å². The van der Waals surface area contributed by atoms with E-state index in [0.717, 1.165) is 11.0 Å². The quantitative estimate of drug-likeness (QED) is 0.846. The number of aromatic nitrogens is 2. The first-order valence-electron chi connectivity index (χ1n) is 9.40. The van der Waals surface area contributed by atoms with E-state index in [2.05, 4.69) is 37.2 Å². The molecule has 0 N–H and O–H groups in total. The first-order chi connectivity index (χ1) is 12.4. The van der Waals surface area contributed by atoms with Gasteiger partial charge in [-0.2, -0.15) is 0 Å². The molecule has 1 aromatic heterocycles. The number of fused-ring (bicyclic) bond motifs is 1. The second-order valence-corrected chi connectivity index (χ2v) is 7.72. The minimum atomic E-state index is 0.0157. The van der Waals surface area contributed by atoms with Gasteiger partial charge < -0.3 is 14.4 Å². The molecule has 6 nitrogen and oxygen atoms in total. The number of carbonyl (C=O) groups excluding carboxylic acids is 2. The number of carbonyl (C=O) groups is 2. The average molecular weight is 356 g/mol. The second-order valence-electron chi connectivity index (χ2n) is 7.72. The number of rotatable bonds is 4. The Morgan fingerprint density at radius 3 is 2.31 bits per heavy atom. The molecule has 3 rings (SSSR count). The molecule has 0 bridgehead atoms. The summed E-state index contributed by atoms with van der Waals surface area (Å²) in [6.45, 7) is 10.7. The van der Waals surface area contributed by atoms with E-state index in [0.29, 0.717) is 50.1 Å². The van der Waals surface area contributed by atoms with Crippen molar-refractivity contribution in [3.63, 3.8) is 0 Å². The summed E-state index contributed by atoms with van der Waals surface area (Å²) in [6.07, 6.45) is 2.39. The van der Waals surface area contributed by atoms with E-state index in [-0.39, 0.29) is 11.8 Å². The third-order valence-corrected chi connectivity index (χ3v) is 4.88. The van der Waals surface area contributed by atoms with Gasteiger partial charge in [0, 0.05) is 44.2 Å². The lowest BCUT2D eigenvalue weighted by molar-refractivity contribution is -0.133. The lowest BCUT2D eigenvalue weighted by Crippen LogP contribution is -2.50. The number of imidazole rings is 1. The Labute approximate surface area is 154 Å². The lowest BCUT2D eigenvalue weighted by atomic mass is 10.1. The van der Waals surface area contributed by atoms with E-state index >= 15 is 0 Å². The van der Waals surface area contributed by atoms with Crippen molar-refractivity contribution in [2.24, 2.45) is 5.92 Å². The summed E-state index contributed by atoms with van der Waals surface area (Å²) in [5.74, 6) is 0.564. The van der Waals surface area contributed by atoms with Crippen LogP contribution < -0.4 is 0 Å². The fourth-order valence-corrected chi connectivity index (χ4v) is 3.40. The zero-order valence-electron chi connectivity index (χ0n) is 16.1. The smallest absolute Gasteiger partial charge is 0.254 e. The van der Waals surface area contributed by atoms with Crippen LogP contribution in [0.3, 0.4) is 0 Å². The predicted molar refractivity (Wildman–Crippen MR) is 102 cm³/mol. The van der Waals surface area contributed by atoms with Crippen molar-refractivity contribution < 1.29 is 9.59 Å². The third kappa shape index (κ3) is 3.74. The van der Waals surface area contributed by atoms with Gasteiger partial charge >= 0.3 is 0 Å². The molecule has 2 heterocycles. The van der Waals surface area contributed by atoms with Gasteiger partial charge in [0.05, 0.1) is 17.4 Å². The van der Waals surface area contributed by atoms with E-state index in [1.165, 1.54) is 0 Å². The van der Waals surface area contributed by atoms with Crippen molar-refractivity contribution in [1.29, 1.82) is 0 Å². The molecule has 1 aromatic carbocycles. The Balaban J connectivity index is 1.67. The molecule has 0 unspecified atom stereocenters. The van der Waals surface area contributed by atoms with Crippen molar-refractivity contribution in [3.8, 4) is 0 Å². The molecule has 2 amide bonds. The molecule has 1 saturated heterocycles. The van der Waals surface area contributed by atoms with Gasteiger partial charge in [0.1, 0.15) is 0 Å². The third-order valence-electron chi connectivity index (χ3n) is 4.88. The van der Waals surface area contributed by atoms with Crippen molar-refractivity contribution in [2.45, 2.75) is 40.2 Å². The normalized spacial score (nSPS) is 15.3. The molecule has 6 heteroatoms. The van der Waals surface area contributed by atoms with Crippen LogP contribution in [0.5, 0.6) is 0 Å². The Kier molecular flexibility index (Phi) is 5.30. The SMILES string of the molecule is CC(C)CC(=O)N1CCN(C(=O)c2ccc3c(c2)ncn3C(C)C)CC1. The zero-order valence-corrected chi connectivity index (χ0v) is 16.1. The van der Waals surface area contributed by atoms with E-state index in [9.17, 15) is 9.59 Å². The Morgan fingerprint density at radius 2 is 1.69 bits per heavy atom. The monoisotopic (exact) mass is 356 g/mol. The maximum absolute atomic E-state index is 12.8. The highest BCUT2D eigenvalue weighted by molar-refractivity contribution is 5.97. The number of benzene rings is 1. The summed E-state index contributed by atoms with van der Waals surface area (Å²) in [5, 5.41) is 0. The number of hydrogen-bond acceptors (Lipinski definition) is 3. The van der Waals surface area contributed by atoms with Crippen LogP contribution in [0.2, 0.25) is 0 Å². The summed E-state index contributed by atoms with van der Waals surface area (Å²) < 4.78 is 2.10. The van der Waals surface area contributed by atoms with Crippen molar-refractivity contribution in [2.75, 3.05) is 26.2 Å². The van der Waals surface area contributed by atoms with Gasteiger partial charge in [0.15, 0.2) is 0 Å². The summed E-state index contributed by atoms with van der Waals surface area (Å²) in [6, 6.07) is 6.05. The van der Waals surface area contributed by atoms with Gasteiger partial charge in [-0.1, -0.05) is 13.8 Å². The zero-order chi connectivity index (χ0) is 18.8. The van der Waals surface area contributed by atoms with Crippen LogP contribution in [0.4, 0.5) is 0 Å². The molecule has 0 radical (unpaired) electrons. The maximum Gasteiger partial charge on any atom is 0.254 e. The lowest BCUT2D eigenvalue weighted by Gasteiger charge is -2.35. The van der Waals surface area contributed by atoms with Crippen molar-refractivity contribution >= 4 is 22.8 Å². The van der Waals surface area contributed by atoms with Crippen LogP contribution in [0.1, 0.15) is 50.5 Å². The van der Waals surface area contributed by atoms with Gasteiger partial charge in [-0.3, -0.25) is 9.59 Å². The Hall–Kier alpha value is -2.37. The van der Waals surface area contributed by atoms with Crippen LogP contribution in [-0.2, 0) is 4.79 Å². The van der Waals surface area contributed by atoms with Gasteiger partial charge in [-0.25, -0.2) is 4.98 Å². The average Bonchev–Trinajstić information content (AvgIpc) is 3.04. The van der Waals surface area contributed by atoms with E-state index in [4.69, 9.17) is 0 Å². The molecule has 0 saturated carbocycles. The largest absolute Gasteiger partial charge is 0.339 e. The standard InChI is InChI=1S/C20H28N4O2/c1-14(2)11-19(25)22-7-9-23(10-8-22)20(26)16-5-6-18-17(12-16)21-13-24(18)15(3)4/h5-6,12-15H,7-11H2,1-4H3. The molecule has 1 fully saturated rings. The Morgan fingerprint density at radius 1 is 1.04 bits per heavy atom. The van der Waals surface area contributed by atoms with E-state index < -0.39 is 0 Å². The molecule has 0 atom stereocenters. The van der Waals surface area contributed by atoms with Crippen molar-refractivity contribution in [3.05, 3.63) is 30.1 Å². The van der Waals surface area contributed by atoms with E-state index in [1.807, 2.05) is 34.3 Å². The number of piperazine rings is 1. The molecule has 26 heavy (non-hydrogen) atoms. The fraction of sp³-hybridized carbons (Fsp3) is 0.550. The van der Waals surface area contributed by atoms with Crippen LogP contribution in [-0.4, -0.2) is 57.3 Å². The highest BCUT2D eigenvalue weighted by Crippen LogP contribution is 2.20. The van der Waals surface area contributed by atoms with Gasteiger partial charge in [0.2, 0.25) is 5.91 Å². The van der Waals surface area contributed by atoms with Crippen LogP contribution in [0.25, 0.3) is 11.0 Å². The second kappa shape index (κ2) is 7.48. The van der Waals surface area contributed by atoms with Crippen molar-refractivity contribution in [1.82, 2.24) is 19.4 Å². The Bertz CT molecular complexity index is 801. The van der Waals surface area contributed by atoms with Gasteiger partial charge in [-0.05, 0) is 38.0 Å². The molecule has 2 aromatic rings. The first-order valence-corrected chi connectivity index (χ1v) is 9.40. The summed E-state index contributed by atoms with van der Waals surface area (Å²) in [4.78, 5) is 33.1. The maximum atomic E-state index is 12.8. The highest BCUT2D eigenvalue weighted by Gasteiger charge is 2.25. The molecule has 0 aliphatic carbocycles. The summed E-state index contributed by atoms with van der Waals surface area (Å²) in [5.41, 5.74) is 2.55. The molecular weight excluding hydrogens is 328 g/mol. The molecule has 1 aliphatic heterocycles. The minimum Gasteiger partial charge on any atom is -0.339 e. The van der Waals surface area contributed by atoms with Crippen LogP contribution in [0.15, 0.2) is 24.5 Å². The summed E-state index contributed by atoms with van der Waals surface area (Å²) >= 11 is 0. The number of amides is 2. The van der Waals surface area contributed by atoms with Crippen LogP contribution >= 0.6 is 0 Å². The predicted octanol–water partition coefficient (Wildman–Crippen LogP) is 2.95. The topological polar surface area (TPSA) is 58.4 Å². The fourth-order valence-electron chi connectivity index (χ4n) is 3.40. The first kappa shape index (κ1) is 18.4. The molecule has 140 valence electrons. The summed E-state index contributed by atoms with van der Waals surface area (Å²) in [7, 11) is 0. The minimum absolute atomic E-state index is 0.0157. The van der Waals surface area contributed by atoms with Gasteiger partial charge in [-0.15, -0.1) is 0 Å².